The molecule has 0 N–H and O–H groups in total. The number of thioether (sulfide) groups is 1. The number of halogens is 2. The van der Waals surface area contributed by atoms with Crippen molar-refractivity contribution in [2.24, 2.45) is 0 Å². The van der Waals surface area contributed by atoms with Gasteiger partial charge in [0.2, 0.25) is 0 Å². The maximum absolute atomic E-state index is 10.7. The first-order valence-electron chi connectivity index (χ1n) is 4.56. The summed E-state index contributed by atoms with van der Waals surface area (Å²) in [6.45, 7) is 2.23. The average molecular weight is 370 g/mol. The van der Waals surface area contributed by atoms with Crippen LogP contribution in [0.2, 0.25) is 0 Å². The Hall–Kier alpha value is -0.140. The predicted molar refractivity (Wildman–Crippen MR) is 70.8 cm³/mol. The van der Waals surface area contributed by atoms with E-state index in [0.717, 1.165) is 18.5 Å². The molecule has 1 aromatic rings. The molecule has 1 aromatic heterocycles. The lowest BCUT2D eigenvalue weighted by atomic mass is 10.4. The summed E-state index contributed by atoms with van der Waals surface area (Å²) in [5.74, 6) is 0.760. The second kappa shape index (κ2) is 6.56. The SMILES string of the molecule is CC(=O)SCCCn1nc(Br)c(C=O)c1Br. The van der Waals surface area contributed by atoms with Crippen LogP contribution in [-0.4, -0.2) is 26.9 Å². The Morgan fingerprint density at radius 2 is 2.25 bits per heavy atom. The van der Waals surface area contributed by atoms with E-state index < -0.39 is 0 Å². The van der Waals surface area contributed by atoms with E-state index >= 15 is 0 Å². The second-order valence-electron chi connectivity index (χ2n) is 3.03. The molecule has 0 aliphatic carbocycles. The van der Waals surface area contributed by atoms with Gasteiger partial charge in [-0.05, 0) is 38.3 Å². The molecule has 0 unspecified atom stereocenters. The molecule has 4 nitrogen and oxygen atoms in total. The molecule has 0 spiro atoms. The van der Waals surface area contributed by atoms with Crippen molar-refractivity contribution in [3.8, 4) is 0 Å². The number of aromatic nitrogens is 2. The molecule has 0 fully saturated rings. The summed E-state index contributed by atoms with van der Waals surface area (Å²) in [6.07, 6.45) is 1.58. The first-order chi connectivity index (χ1) is 7.56. The highest BCUT2D eigenvalue weighted by Crippen LogP contribution is 2.23. The Morgan fingerprint density at radius 1 is 1.56 bits per heavy atom. The molecule has 1 rings (SSSR count). The summed E-state index contributed by atoms with van der Waals surface area (Å²) in [5, 5.41) is 4.28. The quantitative estimate of drug-likeness (QED) is 0.591. The summed E-state index contributed by atoms with van der Waals surface area (Å²) in [7, 11) is 0. The van der Waals surface area contributed by atoms with E-state index in [1.807, 2.05) is 0 Å². The van der Waals surface area contributed by atoms with Crippen molar-refractivity contribution >= 4 is 55.0 Å². The molecule has 0 bridgehead atoms. The highest BCUT2D eigenvalue weighted by molar-refractivity contribution is 9.11. The van der Waals surface area contributed by atoms with Gasteiger partial charge in [0, 0.05) is 19.2 Å². The number of nitrogens with zero attached hydrogens (tertiary/aromatic N) is 2. The van der Waals surface area contributed by atoms with Gasteiger partial charge >= 0.3 is 0 Å². The van der Waals surface area contributed by atoms with Gasteiger partial charge in [-0.3, -0.25) is 14.3 Å². The van der Waals surface area contributed by atoms with E-state index in [2.05, 4.69) is 37.0 Å². The molecule has 0 aliphatic rings. The van der Waals surface area contributed by atoms with Crippen LogP contribution in [-0.2, 0) is 11.3 Å². The molecule has 16 heavy (non-hydrogen) atoms. The van der Waals surface area contributed by atoms with Crippen LogP contribution in [0.5, 0.6) is 0 Å². The van der Waals surface area contributed by atoms with Gasteiger partial charge in [-0.2, -0.15) is 5.10 Å². The fraction of sp³-hybridized carbons (Fsp3) is 0.444. The lowest BCUT2D eigenvalue weighted by molar-refractivity contribution is -0.109. The van der Waals surface area contributed by atoms with E-state index in [4.69, 9.17) is 0 Å². The van der Waals surface area contributed by atoms with Gasteiger partial charge in [0.05, 0.1) is 5.56 Å². The van der Waals surface area contributed by atoms with E-state index in [9.17, 15) is 9.59 Å². The fourth-order valence-corrected chi connectivity index (χ4v) is 2.94. The molecule has 0 amide bonds. The molecule has 88 valence electrons. The molecule has 0 aliphatic heterocycles. The lowest BCUT2D eigenvalue weighted by Gasteiger charge is -2.01. The number of aryl methyl sites for hydroxylation is 1. The third kappa shape index (κ3) is 3.71. The molecule has 0 radical (unpaired) electrons. The predicted octanol–water partition coefficient (Wildman–Crippen LogP) is 2.89. The van der Waals surface area contributed by atoms with Gasteiger partial charge in [0.25, 0.3) is 0 Å². The van der Waals surface area contributed by atoms with Crippen molar-refractivity contribution in [3.63, 3.8) is 0 Å². The number of carbonyl (C=O) groups is 2. The van der Waals surface area contributed by atoms with Gasteiger partial charge in [-0.15, -0.1) is 0 Å². The Kier molecular flexibility index (Phi) is 5.71. The van der Waals surface area contributed by atoms with Crippen molar-refractivity contribution in [2.45, 2.75) is 19.9 Å². The zero-order chi connectivity index (χ0) is 12.1. The maximum atomic E-state index is 10.7. The lowest BCUT2D eigenvalue weighted by Crippen LogP contribution is -2.02. The number of rotatable bonds is 5. The first kappa shape index (κ1) is 13.9. The zero-order valence-corrected chi connectivity index (χ0v) is 12.6. The third-order valence-corrected chi connectivity index (χ3v) is 4.14. The van der Waals surface area contributed by atoms with Crippen LogP contribution < -0.4 is 0 Å². The number of carbonyl (C=O) groups excluding carboxylic acids is 2. The highest BCUT2D eigenvalue weighted by Gasteiger charge is 2.12. The van der Waals surface area contributed by atoms with Crippen molar-refractivity contribution in [1.82, 2.24) is 9.78 Å². The fourth-order valence-electron chi connectivity index (χ4n) is 1.10. The monoisotopic (exact) mass is 368 g/mol. The minimum Gasteiger partial charge on any atom is -0.298 e. The Balaban J connectivity index is 2.54. The Bertz CT molecular complexity index is 406. The molecular formula is C9H10Br2N2O2S. The van der Waals surface area contributed by atoms with Crippen LogP contribution in [0.1, 0.15) is 23.7 Å². The van der Waals surface area contributed by atoms with Gasteiger partial charge in [-0.25, -0.2) is 0 Å². The molecule has 1 heterocycles. The maximum Gasteiger partial charge on any atom is 0.185 e. The van der Waals surface area contributed by atoms with Gasteiger partial charge in [0.15, 0.2) is 11.4 Å². The average Bonchev–Trinajstić information content (AvgIpc) is 2.48. The minimum absolute atomic E-state index is 0.120. The Labute approximate surface area is 114 Å². The number of aldehydes is 1. The topological polar surface area (TPSA) is 52.0 Å². The minimum atomic E-state index is 0.120. The summed E-state index contributed by atoms with van der Waals surface area (Å²) < 4.78 is 2.91. The van der Waals surface area contributed by atoms with Crippen LogP contribution >= 0.6 is 43.6 Å². The van der Waals surface area contributed by atoms with Crippen LogP contribution in [0, 0.1) is 0 Å². The largest absolute Gasteiger partial charge is 0.298 e. The van der Waals surface area contributed by atoms with E-state index in [1.54, 1.807) is 11.6 Å². The molecule has 7 heteroatoms. The number of hydrogen-bond acceptors (Lipinski definition) is 4. The van der Waals surface area contributed by atoms with Gasteiger partial charge in [0.1, 0.15) is 9.21 Å². The summed E-state index contributed by atoms with van der Waals surface area (Å²) in [6, 6.07) is 0. The zero-order valence-electron chi connectivity index (χ0n) is 8.57. The smallest absolute Gasteiger partial charge is 0.185 e. The van der Waals surface area contributed by atoms with Gasteiger partial charge < -0.3 is 0 Å². The van der Waals surface area contributed by atoms with E-state index in [1.165, 1.54) is 11.8 Å². The molecular weight excluding hydrogens is 360 g/mol. The molecule has 0 atom stereocenters. The number of hydrogen-bond donors (Lipinski definition) is 0. The van der Waals surface area contributed by atoms with Crippen molar-refractivity contribution in [3.05, 3.63) is 14.8 Å². The molecule has 0 aromatic carbocycles. The Morgan fingerprint density at radius 3 is 2.75 bits per heavy atom. The van der Waals surface area contributed by atoms with Crippen molar-refractivity contribution in [2.75, 3.05) is 5.75 Å². The second-order valence-corrected chi connectivity index (χ2v) is 5.80. The summed E-state index contributed by atoms with van der Waals surface area (Å²) in [4.78, 5) is 21.4. The van der Waals surface area contributed by atoms with Crippen molar-refractivity contribution < 1.29 is 9.59 Å². The standard InChI is InChI=1S/C9H10Br2N2O2S/c1-6(15)16-4-2-3-13-9(11)7(5-14)8(10)12-13/h5H,2-4H2,1H3. The van der Waals surface area contributed by atoms with Crippen molar-refractivity contribution in [1.29, 1.82) is 0 Å². The normalized spacial score (nSPS) is 10.4. The first-order valence-corrected chi connectivity index (χ1v) is 7.13. The van der Waals surface area contributed by atoms with E-state index in [0.29, 0.717) is 21.3 Å². The summed E-state index contributed by atoms with van der Waals surface area (Å²) >= 11 is 7.81. The van der Waals surface area contributed by atoms with Crippen LogP contribution in [0.15, 0.2) is 9.21 Å². The van der Waals surface area contributed by atoms with Crippen LogP contribution in [0.3, 0.4) is 0 Å². The molecule has 0 saturated carbocycles. The van der Waals surface area contributed by atoms with Crippen LogP contribution in [0.4, 0.5) is 0 Å². The third-order valence-electron chi connectivity index (χ3n) is 1.82. The van der Waals surface area contributed by atoms with Crippen LogP contribution in [0.25, 0.3) is 0 Å². The summed E-state index contributed by atoms with van der Waals surface area (Å²) in [5.41, 5.74) is 0.513. The highest BCUT2D eigenvalue weighted by atomic mass is 79.9. The van der Waals surface area contributed by atoms with E-state index in [-0.39, 0.29) is 5.12 Å². The molecule has 0 saturated heterocycles. The van der Waals surface area contributed by atoms with Gasteiger partial charge in [-0.1, -0.05) is 11.8 Å².